The van der Waals surface area contributed by atoms with E-state index in [2.05, 4.69) is 24.9 Å². The van der Waals surface area contributed by atoms with Gasteiger partial charge in [0.25, 0.3) is 0 Å². The standard InChI is InChI=1S/C25H21NO4/c1-25(2)11-17(27)23-21(12-25)30-20(10-14-7-8-18-19(9-14)29-13-28-18)24-22(23)15-5-3-4-6-16(15)26-24/h3-10,26H,11-13H2,1-2H3. The molecule has 6 rings (SSSR count). The number of fused-ring (bicyclic) bond motifs is 5. The van der Waals surface area contributed by atoms with E-state index in [-0.39, 0.29) is 18.0 Å². The average molecular weight is 399 g/mol. The highest BCUT2D eigenvalue weighted by molar-refractivity contribution is 6.27. The number of H-pyrrole nitrogens is 1. The van der Waals surface area contributed by atoms with Crippen LogP contribution in [-0.4, -0.2) is 17.6 Å². The van der Waals surface area contributed by atoms with Crippen LogP contribution in [0, 0.1) is 5.41 Å². The molecule has 150 valence electrons. The summed E-state index contributed by atoms with van der Waals surface area (Å²) in [6.07, 6.45) is 3.24. The number of ether oxygens (including phenoxy) is 3. The van der Waals surface area contributed by atoms with Gasteiger partial charge in [-0.1, -0.05) is 38.1 Å². The molecule has 2 aliphatic heterocycles. The predicted octanol–water partition coefficient (Wildman–Crippen LogP) is 5.53. The summed E-state index contributed by atoms with van der Waals surface area (Å²) >= 11 is 0. The van der Waals surface area contributed by atoms with E-state index in [1.165, 1.54) is 0 Å². The van der Waals surface area contributed by atoms with Crippen LogP contribution in [0.15, 0.2) is 48.2 Å². The van der Waals surface area contributed by atoms with Gasteiger partial charge in [0.15, 0.2) is 23.0 Å². The SMILES string of the molecule is CC1(C)CC(=O)C2=C(C1)OC(=Cc1ccc3c(c1)OCO3)c1[nH]c3ccccc3c12. The molecule has 0 fully saturated rings. The van der Waals surface area contributed by atoms with Gasteiger partial charge in [0.05, 0.1) is 11.3 Å². The van der Waals surface area contributed by atoms with Crippen LogP contribution in [0.2, 0.25) is 0 Å². The van der Waals surface area contributed by atoms with Crippen molar-refractivity contribution in [2.45, 2.75) is 26.7 Å². The van der Waals surface area contributed by atoms with Crippen LogP contribution in [0.1, 0.15) is 43.5 Å². The van der Waals surface area contributed by atoms with Crippen LogP contribution in [-0.2, 0) is 9.53 Å². The Morgan fingerprint density at radius 2 is 1.87 bits per heavy atom. The van der Waals surface area contributed by atoms with Gasteiger partial charge in [-0.3, -0.25) is 4.79 Å². The fourth-order valence-electron chi connectivity index (χ4n) is 4.66. The number of hydrogen-bond donors (Lipinski definition) is 1. The first-order valence-electron chi connectivity index (χ1n) is 10.2. The van der Waals surface area contributed by atoms with E-state index in [4.69, 9.17) is 14.2 Å². The number of ketones is 1. The van der Waals surface area contributed by atoms with Gasteiger partial charge < -0.3 is 19.2 Å². The zero-order valence-corrected chi connectivity index (χ0v) is 16.9. The Balaban J connectivity index is 1.56. The summed E-state index contributed by atoms with van der Waals surface area (Å²) in [6, 6.07) is 13.9. The number of benzene rings is 2. The number of aromatic amines is 1. The number of para-hydroxylation sites is 1. The van der Waals surface area contributed by atoms with E-state index >= 15 is 0 Å². The summed E-state index contributed by atoms with van der Waals surface area (Å²) < 4.78 is 17.3. The zero-order chi connectivity index (χ0) is 20.5. The average Bonchev–Trinajstić information content (AvgIpc) is 3.31. The van der Waals surface area contributed by atoms with Crippen LogP contribution >= 0.6 is 0 Å². The van der Waals surface area contributed by atoms with E-state index in [0.29, 0.717) is 12.2 Å². The van der Waals surface area contributed by atoms with Crippen molar-refractivity contribution in [3.63, 3.8) is 0 Å². The number of hydrogen-bond acceptors (Lipinski definition) is 4. The van der Waals surface area contributed by atoms with E-state index in [1.54, 1.807) is 0 Å². The van der Waals surface area contributed by atoms with Gasteiger partial charge in [-0.15, -0.1) is 0 Å². The lowest BCUT2D eigenvalue weighted by atomic mass is 9.74. The van der Waals surface area contributed by atoms with Crippen LogP contribution in [0.5, 0.6) is 11.5 Å². The number of nitrogens with one attached hydrogen (secondary N) is 1. The molecule has 3 aromatic rings. The summed E-state index contributed by atoms with van der Waals surface area (Å²) in [6.45, 7) is 4.47. The quantitative estimate of drug-likeness (QED) is 0.585. The van der Waals surface area contributed by atoms with E-state index in [1.807, 2.05) is 42.5 Å². The molecule has 0 bridgehead atoms. The van der Waals surface area contributed by atoms with Crippen molar-refractivity contribution in [1.82, 2.24) is 4.98 Å². The normalized spacial score (nSPS) is 20.3. The summed E-state index contributed by atoms with van der Waals surface area (Å²) in [4.78, 5) is 16.6. The minimum absolute atomic E-state index is 0.122. The Kier molecular flexibility index (Phi) is 3.49. The monoisotopic (exact) mass is 399 g/mol. The first kappa shape index (κ1) is 17.4. The van der Waals surface area contributed by atoms with Gasteiger partial charge in [-0.05, 0) is 35.3 Å². The van der Waals surface area contributed by atoms with Crippen molar-refractivity contribution in [3.8, 4) is 11.5 Å². The molecule has 5 heteroatoms. The molecule has 3 heterocycles. The Labute approximate surface area is 173 Å². The van der Waals surface area contributed by atoms with Crippen molar-refractivity contribution in [1.29, 1.82) is 0 Å². The molecule has 1 N–H and O–H groups in total. The predicted molar refractivity (Wildman–Crippen MR) is 115 cm³/mol. The smallest absolute Gasteiger partial charge is 0.231 e. The Morgan fingerprint density at radius 1 is 1.03 bits per heavy atom. The molecule has 0 unspecified atom stereocenters. The first-order valence-corrected chi connectivity index (χ1v) is 10.2. The molecule has 0 amide bonds. The molecule has 0 radical (unpaired) electrons. The molecule has 1 aromatic heterocycles. The van der Waals surface area contributed by atoms with Gasteiger partial charge in [-0.2, -0.15) is 0 Å². The molecule has 1 aliphatic carbocycles. The van der Waals surface area contributed by atoms with E-state index < -0.39 is 0 Å². The number of allylic oxidation sites excluding steroid dienone is 2. The van der Waals surface area contributed by atoms with Gasteiger partial charge in [-0.25, -0.2) is 0 Å². The van der Waals surface area contributed by atoms with Crippen molar-refractivity contribution in [3.05, 3.63) is 65.0 Å². The summed E-state index contributed by atoms with van der Waals surface area (Å²) in [5, 5.41) is 1.05. The lowest BCUT2D eigenvalue weighted by Crippen LogP contribution is -2.28. The van der Waals surface area contributed by atoms with Crippen molar-refractivity contribution in [2.75, 3.05) is 6.79 Å². The molecule has 30 heavy (non-hydrogen) atoms. The largest absolute Gasteiger partial charge is 0.459 e. The number of Topliss-reactive ketones (excluding diaryl/α,β-unsaturated/α-hetero) is 1. The third kappa shape index (κ3) is 2.58. The summed E-state index contributed by atoms with van der Waals surface area (Å²) in [5.41, 5.74) is 4.35. The van der Waals surface area contributed by atoms with E-state index in [9.17, 15) is 4.79 Å². The van der Waals surface area contributed by atoms with E-state index in [0.717, 1.165) is 57.0 Å². The zero-order valence-electron chi connectivity index (χ0n) is 16.9. The second-order valence-corrected chi connectivity index (χ2v) is 8.88. The third-order valence-electron chi connectivity index (χ3n) is 5.97. The van der Waals surface area contributed by atoms with Crippen LogP contribution in [0.4, 0.5) is 0 Å². The fraction of sp³-hybridized carbons (Fsp3) is 0.240. The van der Waals surface area contributed by atoms with Gasteiger partial charge in [0.2, 0.25) is 6.79 Å². The second kappa shape index (κ2) is 6.02. The molecule has 0 saturated carbocycles. The van der Waals surface area contributed by atoms with Crippen LogP contribution in [0.3, 0.4) is 0 Å². The van der Waals surface area contributed by atoms with Gasteiger partial charge in [0, 0.05) is 29.3 Å². The molecule has 3 aliphatic rings. The molecule has 0 spiro atoms. The Morgan fingerprint density at radius 3 is 2.77 bits per heavy atom. The number of rotatable bonds is 1. The molecule has 2 aromatic carbocycles. The minimum Gasteiger partial charge on any atom is -0.459 e. The van der Waals surface area contributed by atoms with Crippen LogP contribution < -0.4 is 9.47 Å². The van der Waals surface area contributed by atoms with Gasteiger partial charge in [0.1, 0.15) is 5.76 Å². The second-order valence-electron chi connectivity index (χ2n) is 8.88. The molecular weight excluding hydrogens is 378 g/mol. The number of aromatic nitrogens is 1. The number of carbonyl (C=O) groups excluding carboxylic acids is 1. The van der Waals surface area contributed by atoms with Gasteiger partial charge >= 0.3 is 0 Å². The van der Waals surface area contributed by atoms with Crippen LogP contribution in [0.25, 0.3) is 28.3 Å². The molecular formula is C25H21NO4. The molecule has 0 saturated heterocycles. The maximum Gasteiger partial charge on any atom is 0.231 e. The highest BCUT2D eigenvalue weighted by Crippen LogP contribution is 2.49. The summed E-state index contributed by atoms with van der Waals surface area (Å²) in [7, 11) is 0. The highest BCUT2D eigenvalue weighted by atomic mass is 16.7. The van der Waals surface area contributed by atoms with Crippen molar-refractivity contribution < 1.29 is 19.0 Å². The minimum atomic E-state index is -0.122. The fourth-order valence-corrected chi connectivity index (χ4v) is 4.66. The summed E-state index contributed by atoms with van der Waals surface area (Å²) in [5.74, 6) is 3.10. The Hall–Kier alpha value is -3.47. The maximum absolute atomic E-state index is 13.1. The highest BCUT2D eigenvalue weighted by Gasteiger charge is 2.40. The van der Waals surface area contributed by atoms with Crippen molar-refractivity contribution >= 4 is 34.1 Å². The third-order valence-corrected chi connectivity index (χ3v) is 5.97. The lowest BCUT2D eigenvalue weighted by molar-refractivity contribution is -0.116. The number of carbonyl (C=O) groups is 1. The topological polar surface area (TPSA) is 60.6 Å². The molecule has 5 nitrogen and oxygen atoms in total. The first-order chi connectivity index (χ1) is 14.5. The van der Waals surface area contributed by atoms with Crippen molar-refractivity contribution in [2.24, 2.45) is 5.41 Å². The lowest BCUT2D eigenvalue weighted by Gasteiger charge is -2.34. The maximum atomic E-state index is 13.1. The molecule has 0 atom stereocenters. The Bertz CT molecular complexity index is 1290.